The van der Waals surface area contributed by atoms with Crippen LogP contribution < -0.4 is 5.32 Å². The molecule has 0 saturated carbocycles. The Balaban J connectivity index is 1.87. The van der Waals surface area contributed by atoms with E-state index in [1.165, 1.54) is 10.6 Å². The molecule has 18 heavy (non-hydrogen) atoms. The van der Waals surface area contributed by atoms with Crippen LogP contribution in [0.4, 0.5) is 0 Å². The van der Waals surface area contributed by atoms with Crippen molar-refractivity contribution in [1.29, 1.82) is 0 Å². The number of carbonyl (C=O) groups excluding carboxylic acids is 1. The van der Waals surface area contributed by atoms with Crippen molar-refractivity contribution in [1.82, 2.24) is 14.5 Å². The number of piperazine rings is 1. The first kappa shape index (κ1) is 13.7. The summed E-state index contributed by atoms with van der Waals surface area (Å²) in [6, 6.07) is -0.288. The molecule has 2 aliphatic rings. The monoisotopic (exact) mass is 277 g/mol. The average molecular weight is 277 g/mol. The van der Waals surface area contributed by atoms with Gasteiger partial charge in [-0.2, -0.15) is 4.31 Å². The van der Waals surface area contributed by atoms with Crippen LogP contribution >= 0.6 is 0 Å². The lowest BCUT2D eigenvalue weighted by atomic mass is 10.2. The van der Waals surface area contributed by atoms with E-state index in [-0.39, 0.29) is 11.9 Å². The highest BCUT2D eigenvalue weighted by molar-refractivity contribution is 7.88. The average Bonchev–Trinajstić information content (AvgIpc) is 2.38. The Bertz CT molecular complexity index is 397. The van der Waals surface area contributed by atoms with Crippen LogP contribution in [-0.4, -0.2) is 81.8 Å². The molecule has 104 valence electrons. The van der Waals surface area contributed by atoms with E-state index in [0.29, 0.717) is 45.9 Å². The molecule has 0 radical (unpaired) electrons. The van der Waals surface area contributed by atoms with E-state index in [4.69, 9.17) is 4.74 Å². The normalized spacial score (nSPS) is 27.2. The molecule has 0 spiro atoms. The molecule has 1 atom stereocenters. The van der Waals surface area contributed by atoms with E-state index in [2.05, 4.69) is 5.32 Å². The Kier molecular flexibility index (Phi) is 4.21. The van der Waals surface area contributed by atoms with E-state index < -0.39 is 10.0 Å². The van der Waals surface area contributed by atoms with Gasteiger partial charge in [0.25, 0.3) is 0 Å². The first-order valence-corrected chi connectivity index (χ1v) is 7.88. The van der Waals surface area contributed by atoms with Crippen LogP contribution in [0.2, 0.25) is 0 Å². The zero-order valence-electron chi connectivity index (χ0n) is 10.5. The van der Waals surface area contributed by atoms with Crippen molar-refractivity contribution in [2.24, 2.45) is 0 Å². The maximum absolute atomic E-state index is 12.1. The summed E-state index contributed by atoms with van der Waals surface area (Å²) in [5.41, 5.74) is 0. The fourth-order valence-electron chi connectivity index (χ4n) is 2.18. The molecule has 1 unspecified atom stereocenters. The standard InChI is InChI=1S/C10H19N3O4S/c1-18(15,16)13-5-3-12(4-6-13)10(14)9-8-17-7-2-11-9/h9,11H,2-8H2,1H3. The number of hydrogen-bond acceptors (Lipinski definition) is 5. The van der Waals surface area contributed by atoms with Gasteiger partial charge < -0.3 is 15.0 Å². The van der Waals surface area contributed by atoms with Crippen LogP contribution in [0.1, 0.15) is 0 Å². The molecule has 8 heteroatoms. The Morgan fingerprint density at radius 1 is 1.28 bits per heavy atom. The molecule has 2 heterocycles. The summed E-state index contributed by atoms with van der Waals surface area (Å²) in [4.78, 5) is 13.8. The van der Waals surface area contributed by atoms with Gasteiger partial charge in [0.1, 0.15) is 6.04 Å². The zero-order chi connectivity index (χ0) is 13.2. The third kappa shape index (κ3) is 3.19. The van der Waals surface area contributed by atoms with Crippen molar-refractivity contribution >= 4 is 15.9 Å². The highest BCUT2D eigenvalue weighted by Gasteiger charge is 2.30. The van der Waals surface area contributed by atoms with E-state index in [1.807, 2.05) is 0 Å². The van der Waals surface area contributed by atoms with Gasteiger partial charge in [-0.15, -0.1) is 0 Å². The smallest absolute Gasteiger partial charge is 0.242 e. The number of nitrogens with one attached hydrogen (secondary N) is 1. The molecule has 0 aromatic rings. The molecule has 7 nitrogen and oxygen atoms in total. The number of hydrogen-bond donors (Lipinski definition) is 1. The fraction of sp³-hybridized carbons (Fsp3) is 0.900. The number of ether oxygens (including phenoxy) is 1. The summed E-state index contributed by atoms with van der Waals surface area (Å²) in [6.45, 7) is 3.35. The lowest BCUT2D eigenvalue weighted by molar-refractivity contribution is -0.137. The van der Waals surface area contributed by atoms with Crippen LogP contribution in [0.5, 0.6) is 0 Å². The quantitative estimate of drug-likeness (QED) is 0.636. The highest BCUT2D eigenvalue weighted by Crippen LogP contribution is 2.08. The third-order valence-electron chi connectivity index (χ3n) is 3.24. The number of amides is 1. The summed E-state index contributed by atoms with van der Waals surface area (Å²) in [5, 5.41) is 3.11. The minimum Gasteiger partial charge on any atom is -0.378 e. The number of nitrogens with zero attached hydrogens (tertiary/aromatic N) is 2. The van der Waals surface area contributed by atoms with Gasteiger partial charge in [-0.1, -0.05) is 0 Å². The molecule has 2 aliphatic heterocycles. The number of rotatable bonds is 2. The van der Waals surface area contributed by atoms with Gasteiger partial charge in [0, 0.05) is 32.7 Å². The van der Waals surface area contributed by atoms with Crippen molar-refractivity contribution in [3.05, 3.63) is 0 Å². The van der Waals surface area contributed by atoms with Crippen molar-refractivity contribution in [3.8, 4) is 0 Å². The minimum atomic E-state index is -3.14. The second kappa shape index (κ2) is 5.52. The molecule has 1 N–H and O–H groups in total. The third-order valence-corrected chi connectivity index (χ3v) is 4.54. The maximum atomic E-state index is 12.1. The Labute approximate surface area is 107 Å². The predicted octanol–water partition coefficient (Wildman–Crippen LogP) is -1.92. The SMILES string of the molecule is CS(=O)(=O)N1CCN(C(=O)C2COCCN2)CC1. The lowest BCUT2D eigenvalue weighted by Gasteiger charge is -2.36. The van der Waals surface area contributed by atoms with Gasteiger partial charge in [-0.3, -0.25) is 4.79 Å². The second-order valence-corrected chi connectivity index (χ2v) is 6.55. The Morgan fingerprint density at radius 2 is 1.94 bits per heavy atom. The van der Waals surface area contributed by atoms with Crippen molar-refractivity contribution in [2.75, 3.05) is 52.2 Å². The predicted molar refractivity (Wildman–Crippen MR) is 65.6 cm³/mol. The van der Waals surface area contributed by atoms with Gasteiger partial charge >= 0.3 is 0 Å². The van der Waals surface area contributed by atoms with Crippen molar-refractivity contribution < 1.29 is 17.9 Å². The van der Waals surface area contributed by atoms with E-state index in [0.717, 1.165) is 0 Å². The Hall–Kier alpha value is -0.700. The van der Waals surface area contributed by atoms with Crippen LogP contribution in [0.3, 0.4) is 0 Å². The molecule has 0 aromatic heterocycles. The summed E-state index contributed by atoms with van der Waals surface area (Å²) >= 11 is 0. The van der Waals surface area contributed by atoms with Gasteiger partial charge in [-0.25, -0.2) is 8.42 Å². The maximum Gasteiger partial charge on any atom is 0.242 e. The van der Waals surface area contributed by atoms with Crippen LogP contribution in [0, 0.1) is 0 Å². The van der Waals surface area contributed by atoms with Crippen LogP contribution in [0.15, 0.2) is 0 Å². The van der Waals surface area contributed by atoms with Crippen molar-refractivity contribution in [3.63, 3.8) is 0 Å². The van der Waals surface area contributed by atoms with E-state index in [1.54, 1.807) is 4.90 Å². The molecule has 1 amide bonds. The lowest BCUT2D eigenvalue weighted by Crippen LogP contribution is -2.57. The summed E-state index contributed by atoms with van der Waals surface area (Å²) in [5.74, 6) is 0.00264. The number of sulfonamides is 1. The van der Waals surface area contributed by atoms with Crippen LogP contribution in [-0.2, 0) is 19.6 Å². The molecular formula is C10H19N3O4S. The molecule has 2 fully saturated rings. The largest absolute Gasteiger partial charge is 0.378 e. The first-order chi connectivity index (χ1) is 8.48. The number of morpholine rings is 1. The molecule has 0 aromatic carbocycles. The van der Waals surface area contributed by atoms with E-state index in [9.17, 15) is 13.2 Å². The minimum absolute atomic E-state index is 0.00264. The van der Waals surface area contributed by atoms with Crippen molar-refractivity contribution in [2.45, 2.75) is 6.04 Å². The zero-order valence-corrected chi connectivity index (χ0v) is 11.3. The highest BCUT2D eigenvalue weighted by atomic mass is 32.2. The summed E-state index contributed by atoms with van der Waals surface area (Å²) < 4.78 is 29.4. The van der Waals surface area contributed by atoms with Gasteiger partial charge in [0.15, 0.2) is 0 Å². The topological polar surface area (TPSA) is 79.0 Å². The molecule has 0 aliphatic carbocycles. The van der Waals surface area contributed by atoms with Gasteiger partial charge in [0.05, 0.1) is 19.5 Å². The van der Waals surface area contributed by atoms with Gasteiger partial charge in [0.2, 0.25) is 15.9 Å². The Morgan fingerprint density at radius 3 is 2.44 bits per heavy atom. The fourth-order valence-corrected chi connectivity index (χ4v) is 3.01. The van der Waals surface area contributed by atoms with Crippen LogP contribution in [0.25, 0.3) is 0 Å². The second-order valence-electron chi connectivity index (χ2n) is 4.57. The molecular weight excluding hydrogens is 258 g/mol. The molecule has 2 rings (SSSR count). The first-order valence-electron chi connectivity index (χ1n) is 6.03. The molecule has 0 bridgehead atoms. The van der Waals surface area contributed by atoms with E-state index >= 15 is 0 Å². The number of carbonyl (C=O) groups is 1. The van der Waals surface area contributed by atoms with Gasteiger partial charge in [-0.05, 0) is 0 Å². The summed E-state index contributed by atoms with van der Waals surface area (Å²) in [7, 11) is -3.14. The summed E-state index contributed by atoms with van der Waals surface area (Å²) in [6.07, 6.45) is 1.20. The molecule has 2 saturated heterocycles.